The summed E-state index contributed by atoms with van der Waals surface area (Å²) in [5.74, 6) is 0. The van der Waals surface area contributed by atoms with E-state index in [1.165, 1.54) is 5.56 Å². The molecule has 0 unspecified atom stereocenters. The molecule has 0 radical (unpaired) electrons. The highest BCUT2D eigenvalue weighted by atomic mass is 16.1. The van der Waals surface area contributed by atoms with Crippen LogP contribution in [0.5, 0.6) is 0 Å². The van der Waals surface area contributed by atoms with Crippen LogP contribution >= 0.6 is 0 Å². The molecule has 3 rings (SSSR count). The maximum absolute atomic E-state index is 11.8. The molecule has 3 aromatic rings. The summed E-state index contributed by atoms with van der Waals surface area (Å²) in [5, 5.41) is 6.07. The van der Waals surface area contributed by atoms with Crippen molar-refractivity contribution >= 4 is 21.7 Å². The van der Waals surface area contributed by atoms with Crippen molar-refractivity contribution in [1.82, 2.24) is 15.3 Å². The first-order valence-corrected chi connectivity index (χ1v) is 6.06. The molecule has 2 aromatic heterocycles. The van der Waals surface area contributed by atoms with Gasteiger partial charge in [-0.15, -0.1) is 0 Å². The second kappa shape index (κ2) is 4.31. The second-order valence-electron chi connectivity index (χ2n) is 4.42. The van der Waals surface area contributed by atoms with E-state index in [0.29, 0.717) is 0 Å². The highest BCUT2D eigenvalue weighted by Gasteiger charge is 2.08. The molecule has 0 bridgehead atoms. The second-order valence-corrected chi connectivity index (χ2v) is 4.42. The Hall–Kier alpha value is -2.07. The Labute approximate surface area is 104 Å². The van der Waals surface area contributed by atoms with Crippen molar-refractivity contribution in [1.29, 1.82) is 0 Å². The summed E-state index contributed by atoms with van der Waals surface area (Å²) in [5.41, 5.74) is 2.30. The van der Waals surface area contributed by atoms with Gasteiger partial charge in [0.2, 0.25) is 0 Å². The van der Waals surface area contributed by atoms with E-state index in [4.69, 9.17) is 0 Å². The average molecular weight is 241 g/mol. The van der Waals surface area contributed by atoms with Gasteiger partial charge in [0.1, 0.15) is 0 Å². The predicted molar refractivity (Wildman–Crippen MR) is 74.1 cm³/mol. The van der Waals surface area contributed by atoms with Crippen molar-refractivity contribution in [3.63, 3.8) is 0 Å². The molecule has 0 saturated heterocycles. The molecule has 0 aliphatic rings. The predicted octanol–water partition coefficient (Wildman–Crippen LogP) is 1.77. The molecule has 3 N–H and O–H groups in total. The summed E-state index contributed by atoms with van der Waals surface area (Å²) >= 11 is 0. The van der Waals surface area contributed by atoms with Crippen molar-refractivity contribution in [2.75, 3.05) is 13.6 Å². The molecule has 0 spiro atoms. The van der Waals surface area contributed by atoms with E-state index >= 15 is 0 Å². The first-order chi connectivity index (χ1) is 8.81. The van der Waals surface area contributed by atoms with Gasteiger partial charge in [-0.05, 0) is 49.2 Å². The van der Waals surface area contributed by atoms with E-state index in [1.807, 2.05) is 31.4 Å². The number of aromatic amines is 2. The smallest absolute Gasteiger partial charge is 0.255 e. The topological polar surface area (TPSA) is 60.7 Å². The molecule has 4 nitrogen and oxygen atoms in total. The normalized spacial score (nSPS) is 11.4. The number of pyridine rings is 1. The lowest BCUT2D eigenvalue weighted by Gasteiger charge is -2.02. The van der Waals surface area contributed by atoms with Gasteiger partial charge < -0.3 is 15.3 Å². The third-order valence-corrected chi connectivity index (χ3v) is 3.32. The van der Waals surface area contributed by atoms with Gasteiger partial charge in [0, 0.05) is 28.7 Å². The quantitative estimate of drug-likeness (QED) is 0.654. The molecule has 2 heterocycles. The van der Waals surface area contributed by atoms with E-state index in [0.717, 1.165) is 34.6 Å². The minimum atomic E-state index is -0.0323. The number of benzene rings is 1. The van der Waals surface area contributed by atoms with Gasteiger partial charge in [0.15, 0.2) is 0 Å². The van der Waals surface area contributed by atoms with E-state index in [-0.39, 0.29) is 5.56 Å². The fourth-order valence-electron chi connectivity index (χ4n) is 2.43. The molecule has 0 aliphatic heterocycles. The Bertz CT molecular complexity index is 754. The number of rotatable bonds is 3. The van der Waals surface area contributed by atoms with Crippen molar-refractivity contribution in [3.8, 4) is 0 Å². The minimum Gasteiger partial charge on any atom is -0.361 e. The highest BCUT2D eigenvalue weighted by Crippen LogP contribution is 2.26. The first kappa shape index (κ1) is 11.0. The van der Waals surface area contributed by atoms with Gasteiger partial charge in [0.05, 0.1) is 0 Å². The van der Waals surface area contributed by atoms with Crippen LogP contribution in [0.25, 0.3) is 21.7 Å². The lowest BCUT2D eigenvalue weighted by molar-refractivity contribution is 0.795. The van der Waals surface area contributed by atoms with Gasteiger partial charge in [-0.1, -0.05) is 0 Å². The van der Waals surface area contributed by atoms with Crippen molar-refractivity contribution in [2.24, 2.45) is 0 Å². The Kier molecular flexibility index (Phi) is 2.64. The van der Waals surface area contributed by atoms with Crippen LogP contribution in [0.2, 0.25) is 0 Å². The van der Waals surface area contributed by atoms with E-state index < -0.39 is 0 Å². The Morgan fingerprint density at radius 3 is 2.89 bits per heavy atom. The fraction of sp³-hybridized carbons (Fsp3) is 0.214. The highest BCUT2D eigenvalue weighted by molar-refractivity contribution is 6.07. The number of fused-ring (bicyclic) bond motifs is 3. The van der Waals surface area contributed by atoms with E-state index in [1.54, 1.807) is 6.20 Å². The van der Waals surface area contributed by atoms with Crippen LogP contribution < -0.4 is 10.9 Å². The Balaban J connectivity index is 2.34. The van der Waals surface area contributed by atoms with Crippen LogP contribution in [-0.4, -0.2) is 23.6 Å². The Morgan fingerprint density at radius 1 is 1.17 bits per heavy atom. The van der Waals surface area contributed by atoms with Crippen LogP contribution in [0.1, 0.15) is 5.56 Å². The van der Waals surface area contributed by atoms with Crippen LogP contribution in [0.15, 0.2) is 35.4 Å². The largest absolute Gasteiger partial charge is 0.361 e. The van der Waals surface area contributed by atoms with Crippen LogP contribution in [-0.2, 0) is 6.42 Å². The number of aromatic nitrogens is 2. The van der Waals surface area contributed by atoms with Gasteiger partial charge in [0.25, 0.3) is 5.56 Å². The summed E-state index contributed by atoms with van der Waals surface area (Å²) in [7, 11) is 1.94. The van der Waals surface area contributed by atoms with E-state index in [2.05, 4.69) is 15.3 Å². The lowest BCUT2D eigenvalue weighted by atomic mass is 10.0. The van der Waals surface area contributed by atoms with Crippen molar-refractivity contribution in [3.05, 3.63) is 46.5 Å². The summed E-state index contributed by atoms with van der Waals surface area (Å²) in [6.07, 6.45) is 4.68. The molecule has 4 heteroatoms. The SMILES string of the molecule is CNCCc1c[nH]c2ccc3c(=O)[nH]ccc3c12. The van der Waals surface area contributed by atoms with Gasteiger partial charge in [-0.3, -0.25) is 4.79 Å². The number of hydrogen-bond donors (Lipinski definition) is 3. The molecule has 0 saturated carbocycles. The first-order valence-electron chi connectivity index (χ1n) is 6.06. The van der Waals surface area contributed by atoms with Crippen LogP contribution in [0.3, 0.4) is 0 Å². The lowest BCUT2D eigenvalue weighted by Crippen LogP contribution is -2.10. The zero-order valence-corrected chi connectivity index (χ0v) is 10.2. The minimum absolute atomic E-state index is 0.0323. The zero-order chi connectivity index (χ0) is 12.5. The molecule has 0 amide bonds. The molecular weight excluding hydrogens is 226 g/mol. The van der Waals surface area contributed by atoms with Crippen LogP contribution in [0.4, 0.5) is 0 Å². The summed E-state index contributed by atoms with van der Waals surface area (Å²) in [6.45, 7) is 0.923. The van der Waals surface area contributed by atoms with E-state index in [9.17, 15) is 4.79 Å². The Morgan fingerprint density at radius 2 is 2.06 bits per heavy atom. The average Bonchev–Trinajstić information content (AvgIpc) is 2.80. The molecule has 92 valence electrons. The van der Waals surface area contributed by atoms with Gasteiger partial charge in [-0.25, -0.2) is 0 Å². The van der Waals surface area contributed by atoms with Gasteiger partial charge >= 0.3 is 0 Å². The number of H-pyrrole nitrogens is 2. The van der Waals surface area contributed by atoms with Crippen molar-refractivity contribution < 1.29 is 0 Å². The third-order valence-electron chi connectivity index (χ3n) is 3.32. The standard InChI is InChI=1S/C14H15N3O/c1-15-6-4-9-8-17-12-3-2-11-10(13(9)12)5-7-16-14(11)18/h2-3,5,7-8,15,17H,4,6H2,1H3,(H,16,18). The van der Waals surface area contributed by atoms with Crippen molar-refractivity contribution in [2.45, 2.75) is 6.42 Å². The molecule has 18 heavy (non-hydrogen) atoms. The maximum Gasteiger partial charge on any atom is 0.255 e. The monoisotopic (exact) mass is 241 g/mol. The number of hydrogen-bond acceptors (Lipinski definition) is 2. The van der Waals surface area contributed by atoms with Gasteiger partial charge in [-0.2, -0.15) is 0 Å². The molecular formula is C14H15N3O. The summed E-state index contributed by atoms with van der Waals surface area (Å²) in [4.78, 5) is 17.8. The number of likely N-dealkylation sites (N-methyl/N-ethyl adjacent to an activating group) is 1. The molecule has 0 atom stereocenters. The third kappa shape index (κ3) is 1.62. The maximum atomic E-state index is 11.8. The summed E-state index contributed by atoms with van der Waals surface area (Å²) in [6, 6.07) is 5.81. The van der Waals surface area contributed by atoms with Crippen LogP contribution in [0, 0.1) is 0 Å². The fourth-order valence-corrected chi connectivity index (χ4v) is 2.43. The zero-order valence-electron chi connectivity index (χ0n) is 10.2. The molecule has 0 aliphatic carbocycles. The molecule has 0 fully saturated rings. The molecule has 1 aromatic carbocycles. The number of nitrogens with one attached hydrogen (secondary N) is 3. The summed E-state index contributed by atoms with van der Waals surface area (Å²) < 4.78 is 0.